The molecule has 1 aromatic heterocycles. The van der Waals surface area contributed by atoms with E-state index in [9.17, 15) is 0 Å². The zero-order valence-corrected chi connectivity index (χ0v) is 8.07. The van der Waals surface area contributed by atoms with Gasteiger partial charge in [0, 0.05) is 6.04 Å². The van der Waals surface area contributed by atoms with Crippen molar-refractivity contribution in [2.24, 2.45) is 5.73 Å². The highest BCUT2D eigenvalue weighted by atomic mass is 15.3. The largest absolute Gasteiger partial charge is 0.322 e. The van der Waals surface area contributed by atoms with Crippen molar-refractivity contribution in [2.75, 3.05) is 0 Å². The smallest absolute Gasteiger partial charge is 0.149 e. The van der Waals surface area contributed by atoms with Crippen LogP contribution in [0.25, 0.3) is 0 Å². The van der Waals surface area contributed by atoms with Gasteiger partial charge in [0.05, 0.1) is 6.04 Å². The zero-order valence-electron chi connectivity index (χ0n) is 8.07. The average Bonchev–Trinajstić information content (AvgIpc) is 2.30. The van der Waals surface area contributed by atoms with E-state index in [2.05, 4.69) is 28.6 Å². The second-order valence-corrected chi connectivity index (χ2v) is 3.36. The van der Waals surface area contributed by atoms with E-state index in [0.717, 1.165) is 11.6 Å². The number of aromatic nitrogens is 3. The Morgan fingerprint density at radius 1 is 1.25 bits per heavy atom. The normalized spacial score (nSPS) is 13.8. The van der Waals surface area contributed by atoms with Crippen molar-refractivity contribution < 1.29 is 0 Å². The summed E-state index contributed by atoms with van der Waals surface area (Å²) in [6.07, 6.45) is 0. The van der Waals surface area contributed by atoms with Gasteiger partial charge in [0.1, 0.15) is 11.6 Å². The van der Waals surface area contributed by atoms with Crippen LogP contribution in [0.5, 0.6) is 0 Å². The number of hydrogen-bond donors (Lipinski definition) is 1. The Balaban J connectivity index is 3.12. The van der Waals surface area contributed by atoms with Gasteiger partial charge in [-0.25, -0.2) is 0 Å². The quantitative estimate of drug-likeness (QED) is 0.721. The molecule has 1 heterocycles. The molecule has 2 N–H and O–H groups in total. The molecule has 0 bridgehead atoms. The van der Waals surface area contributed by atoms with Crippen LogP contribution < -0.4 is 5.73 Å². The minimum Gasteiger partial charge on any atom is -0.322 e. The lowest BCUT2D eigenvalue weighted by Gasteiger charge is -2.13. The summed E-state index contributed by atoms with van der Waals surface area (Å²) in [6, 6.07) is 0.328. The first-order valence-electron chi connectivity index (χ1n) is 4.21. The molecule has 1 unspecified atom stereocenters. The number of nitrogens with two attached hydrogens (primary N) is 1. The first kappa shape index (κ1) is 9.19. The van der Waals surface area contributed by atoms with Crippen LogP contribution >= 0.6 is 0 Å². The fraction of sp³-hybridized carbons (Fsp3) is 0.750. The van der Waals surface area contributed by atoms with E-state index < -0.39 is 0 Å². The molecule has 0 saturated carbocycles. The Morgan fingerprint density at radius 2 is 1.83 bits per heavy atom. The first-order valence-corrected chi connectivity index (χ1v) is 4.21. The van der Waals surface area contributed by atoms with Gasteiger partial charge in [-0.15, -0.1) is 10.2 Å². The summed E-state index contributed by atoms with van der Waals surface area (Å²) in [5, 5.41) is 8.02. The van der Waals surface area contributed by atoms with E-state index in [1.165, 1.54) is 0 Å². The molecular weight excluding hydrogens is 152 g/mol. The summed E-state index contributed by atoms with van der Waals surface area (Å²) in [4.78, 5) is 0. The maximum atomic E-state index is 5.74. The minimum atomic E-state index is -0.0476. The third kappa shape index (κ3) is 1.48. The van der Waals surface area contributed by atoms with Gasteiger partial charge in [0.25, 0.3) is 0 Å². The molecule has 1 aromatic rings. The Kier molecular flexibility index (Phi) is 2.47. The highest BCUT2D eigenvalue weighted by molar-refractivity contribution is 4.99. The third-order valence-corrected chi connectivity index (χ3v) is 1.82. The van der Waals surface area contributed by atoms with Crippen LogP contribution in [0.15, 0.2) is 0 Å². The molecule has 0 spiro atoms. The van der Waals surface area contributed by atoms with Crippen LogP contribution in [0.3, 0.4) is 0 Å². The molecule has 4 heteroatoms. The predicted molar refractivity (Wildman–Crippen MR) is 47.7 cm³/mol. The predicted octanol–water partition coefficient (Wildman–Crippen LogP) is 1.19. The molecule has 1 atom stereocenters. The Hall–Kier alpha value is -0.900. The second kappa shape index (κ2) is 3.23. The average molecular weight is 168 g/mol. The highest BCUT2D eigenvalue weighted by Crippen LogP contribution is 2.14. The van der Waals surface area contributed by atoms with Gasteiger partial charge in [-0.2, -0.15) is 0 Å². The molecule has 0 aliphatic rings. The SMILES string of the molecule is Cc1nnc(C(C)N)n1C(C)C. The topological polar surface area (TPSA) is 56.7 Å². The standard InChI is InChI=1S/C8H16N4/c1-5(2)12-7(4)10-11-8(12)6(3)9/h5-6H,9H2,1-4H3. The van der Waals surface area contributed by atoms with Crippen LogP contribution in [0, 0.1) is 6.92 Å². The number of hydrogen-bond acceptors (Lipinski definition) is 3. The zero-order chi connectivity index (χ0) is 9.30. The summed E-state index contributed by atoms with van der Waals surface area (Å²) in [5.41, 5.74) is 5.74. The third-order valence-electron chi connectivity index (χ3n) is 1.82. The first-order chi connectivity index (χ1) is 5.54. The van der Waals surface area contributed by atoms with E-state index in [4.69, 9.17) is 5.73 Å². The maximum Gasteiger partial charge on any atom is 0.149 e. The summed E-state index contributed by atoms with van der Waals surface area (Å²) in [5.74, 6) is 1.79. The van der Waals surface area contributed by atoms with E-state index in [-0.39, 0.29) is 6.04 Å². The molecule has 0 saturated heterocycles. The lowest BCUT2D eigenvalue weighted by Crippen LogP contribution is -2.15. The molecule has 0 aliphatic heterocycles. The van der Waals surface area contributed by atoms with Gasteiger partial charge in [0.2, 0.25) is 0 Å². The maximum absolute atomic E-state index is 5.74. The molecule has 0 aliphatic carbocycles. The number of nitrogens with zero attached hydrogens (tertiary/aromatic N) is 3. The lowest BCUT2D eigenvalue weighted by molar-refractivity contribution is 0.532. The molecule has 12 heavy (non-hydrogen) atoms. The van der Waals surface area contributed by atoms with E-state index in [1.54, 1.807) is 0 Å². The fourth-order valence-corrected chi connectivity index (χ4v) is 1.33. The summed E-state index contributed by atoms with van der Waals surface area (Å²) < 4.78 is 2.06. The summed E-state index contributed by atoms with van der Waals surface area (Å²) in [7, 11) is 0. The van der Waals surface area contributed by atoms with Crippen LogP contribution in [0.1, 0.15) is 44.5 Å². The summed E-state index contributed by atoms with van der Waals surface area (Å²) >= 11 is 0. The fourth-order valence-electron chi connectivity index (χ4n) is 1.33. The van der Waals surface area contributed by atoms with Crippen LogP contribution in [-0.2, 0) is 0 Å². The molecule has 4 nitrogen and oxygen atoms in total. The van der Waals surface area contributed by atoms with Crippen LogP contribution in [0.2, 0.25) is 0 Å². The molecule has 1 rings (SSSR count). The second-order valence-electron chi connectivity index (χ2n) is 3.36. The molecule has 0 fully saturated rings. The van der Waals surface area contributed by atoms with Crippen molar-refractivity contribution in [1.82, 2.24) is 14.8 Å². The number of aryl methyl sites for hydroxylation is 1. The van der Waals surface area contributed by atoms with Crippen molar-refractivity contribution in [2.45, 2.75) is 39.8 Å². The Bertz CT molecular complexity index is 262. The van der Waals surface area contributed by atoms with Gasteiger partial charge < -0.3 is 10.3 Å². The van der Waals surface area contributed by atoms with Gasteiger partial charge in [-0.05, 0) is 27.7 Å². The van der Waals surface area contributed by atoms with Crippen LogP contribution in [0.4, 0.5) is 0 Å². The van der Waals surface area contributed by atoms with Crippen molar-refractivity contribution in [3.8, 4) is 0 Å². The summed E-state index contributed by atoms with van der Waals surface area (Å²) in [6.45, 7) is 8.06. The van der Waals surface area contributed by atoms with Gasteiger partial charge in [0.15, 0.2) is 0 Å². The van der Waals surface area contributed by atoms with Crippen molar-refractivity contribution >= 4 is 0 Å². The molecule has 0 aromatic carbocycles. The lowest BCUT2D eigenvalue weighted by atomic mass is 10.3. The minimum absolute atomic E-state index is 0.0476. The monoisotopic (exact) mass is 168 g/mol. The van der Waals surface area contributed by atoms with Gasteiger partial charge in [-0.3, -0.25) is 0 Å². The number of rotatable bonds is 2. The molecular formula is C8H16N4. The van der Waals surface area contributed by atoms with Crippen molar-refractivity contribution in [1.29, 1.82) is 0 Å². The van der Waals surface area contributed by atoms with Crippen LogP contribution in [-0.4, -0.2) is 14.8 Å². The Labute approximate surface area is 72.8 Å². The van der Waals surface area contributed by atoms with Gasteiger partial charge in [-0.1, -0.05) is 0 Å². The van der Waals surface area contributed by atoms with E-state index in [1.807, 2.05) is 13.8 Å². The molecule has 0 radical (unpaired) electrons. The van der Waals surface area contributed by atoms with Gasteiger partial charge >= 0.3 is 0 Å². The van der Waals surface area contributed by atoms with Crippen molar-refractivity contribution in [3.05, 3.63) is 11.6 Å². The van der Waals surface area contributed by atoms with E-state index in [0.29, 0.717) is 6.04 Å². The molecule has 68 valence electrons. The Morgan fingerprint density at radius 3 is 2.17 bits per heavy atom. The highest BCUT2D eigenvalue weighted by Gasteiger charge is 2.13. The van der Waals surface area contributed by atoms with E-state index >= 15 is 0 Å². The van der Waals surface area contributed by atoms with Crippen molar-refractivity contribution in [3.63, 3.8) is 0 Å². The molecule has 0 amide bonds.